The molecular weight excluding hydrogens is 296 g/mol. The van der Waals surface area contributed by atoms with E-state index in [1.54, 1.807) is 0 Å². The molecule has 0 spiro atoms. The van der Waals surface area contributed by atoms with E-state index < -0.39 is 0 Å². The lowest BCUT2D eigenvalue weighted by Crippen LogP contribution is -2.44. The first-order chi connectivity index (χ1) is 11.2. The molecule has 0 saturated carbocycles. The summed E-state index contributed by atoms with van der Waals surface area (Å²) < 4.78 is 0. The standard InChI is InChI=1S/C21H32N2O/c1-20(2)10-11-21(3,4)18-14-15(6-7-17(18)20)19(24)23-12-8-16(22-5)9-13-23/h6-7,14,16,22H,8-13H2,1-5H3. The number of piperidine rings is 1. The number of hydrogen-bond acceptors (Lipinski definition) is 2. The fraction of sp³-hybridized carbons (Fsp3) is 0.667. The van der Waals surface area contributed by atoms with E-state index >= 15 is 0 Å². The minimum absolute atomic E-state index is 0.153. The molecule has 24 heavy (non-hydrogen) atoms. The fourth-order valence-electron chi connectivity index (χ4n) is 4.28. The first-order valence-electron chi connectivity index (χ1n) is 9.36. The van der Waals surface area contributed by atoms with Gasteiger partial charge >= 0.3 is 0 Å². The van der Waals surface area contributed by atoms with Crippen molar-refractivity contribution in [1.29, 1.82) is 0 Å². The highest BCUT2D eigenvalue weighted by molar-refractivity contribution is 5.94. The molecule has 1 fully saturated rings. The highest BCUT2D eigenvalue weighted by Crippen LogP contribution is 2.45. The molecule has 132 valence electrons. The molecule has 3 heteroatoms. The van der Waals surface area contributed by atoms with Crippen LogP contribution < -0.4 is 5.32 Å². The molecule has 1 heterocycles. The van der Waals surface area contributed by atoms with Crippen molar-refractivity contribution < 1.29 is 4.79 Å². The summed E-state index contributed by atoms with van der Waals surface area (Å²) in [6.07, 6.45) is 4.48. The molecule has 0 radical (unpaired) electrons. The zero-order valence-corrected chi connectivity index (χ0v) is 15.9. The topological polar surface area (TPSA) is 32.3 Å². The van der Waals surface area contributed by atoms with Crippen molar-refractivity contribution in [2.24, 2.45) is 0 Å². The van der Waals surface area contributed by atoms with Gasteiger partial charge in [-0.2, -0.15) is 0 Å². The molecule has 1 aromatic rings. The van der Waals surface area contributed by atoms with Gasteiger partial charge in [-0.3, -0.25) is 4.79 Å². The normalized spacial score (nSPS) is 23.0. The second-order valence-corrected chi connectivity index (χ2v) is 8.88. The number of hydrogen-bond donors (Lipinski definition) is 1. The molecule has 1 aromatic carbocycles. The fourth-order valence-corrected chi connectivity index (χ4v) is 4.28. The quantitative estimate of drug-likeness (QED) is 0.894. The Balaban J connectivity index is 1.87. The van der Waals surface area contributed by atoms with Gasteiger partial charge in [-0.25, -0.2) is 0 Å². The van der Waals surface area contributed by atoms with Crippen LogP contribution in [0.1, 0.15) is 74.9 Å². The van der Waals surface area contributed by atoms with Crippen LogP contribution in [0.4, 0.5) is 0 Å². The minimum atomic E-state index is 0.153. The van der Waals surface area contributed by atoms with Crippen LogP contribution in [0.15, 0.2) is 18.2 Å². The Kier molecular flexibility index (Phi) is 4.50. The van der Waals surface area contributed by atoms with Crippen molar-refractivity contribution >= 4 is 5.91 Å². The summed E-state index contributed by atoms with van der Waals surface area (Å²) in [7, 11) is 2.01. The van der Waals surface area contributed by atoms with Gasteiger partial charge in [0.05, 0.1) is 0 Å². The Hall–Kier alpha value is -1.35. The third-order valence-corrected chi connectivity index (χ3v) is 6.29. The molecular formula is C21H32N2O. The molecule has 0 aromatic heterocycles. The zero-order valence-electron chi connectivity index (χ0n) is 15.9. The molecule has 1 amide bonds. The first-order valence-corrected chi connectivity index (χ1v) is 9.36. The van der Waals surface area contributed by atoms with Gasteiger partial charge in [-0.15, -0.1) is 0 Å². The average molecular weight is 329 g/mol. The van der Waals surface area contributed by atoms with Gasteiger partial charge in [0.25, 0.3) is 5.91 Å². The van der Waals surface area contributed by atoms with Crippen molar-refractivity contribution in [2.75, 3.05) is 20.1 Å². The van der Waals surface area contributed by atoms with E-state index in [2.05, 4.69) is 51.2 Å². The largest absolute Gasteiger partial charge is 0.339 e. The van der Waals surface area contributed by atoms with E-state index in [0.717, 1.165) is 31.5 Å². The zero-order chi connectivity index (χ0) is 17.5. The number of nitrogens with one attached hydrogen (secondary N) is 1. The molecule has 1 aliphatic heterocycles. The number of benzene rings is 1. The number of carbonyl (C=O) groups is 1. The van der Waals surface area contributed by atoms with Gasteiger partial charge in [0.15, 0.2) is 0 Å². The second kappa shape index (κ2) is 6.18. The lowest BCUT2D eigenvalue weighted by atomic mass is 9.63. The van der Waals surface area contributed by atoms with E-state index in [1.165, 1.54) is 24.0 Å². The van der Waals surface area contributed by atoms with Gasteiger partial charge in [-0.1, -0.05) is 33.8 Å². The maximum absolute atomic E-state index is 13.0. The van der Waals surface area contributed by atoms with E-state index in [0.29, 0.717) is 6.04 Å². The maximum Gasteiger partial charge on any atom is 0.253 e. The number of fused-ring (bicyclic) bond motifs is 1. The van der Waals surface area contributed by atoms with Crippen molar-refractivity contribution in [3.8, 4) is 0 Å². The Morgan fingerprint density at radius 2 is 1.62 bits per heavy atom. The van der Waals surface area contributed by atoms with E-state index in [4.69, 9.17) is 0 Å². The monoisotopic (exact) mass is 328 g/mol. The number of likely N-dealkylation sites (tertiary alicyclic amines) is 1. The van der Waals surface area contributed by atoms with E-state index in [9.17, 15) is 4.79 Å². The van der Waals surface area contributed by atoms with Gasteiger partial charge in [-0.05, 0) is 66.8 Å². The van der Waals surface area contributed by atoms with E-state index in [1.807, 2.05) is 11.9 Å². The summed E-state index contributed by atoms with van der Waals surface area (Å²) >= 11 is 0. The van der Waals surface area contributed by atoms with Crippen molar-refractivity contribution in [2.45, 2.75) is 70.3 Å². The molecule has 3 rings (SSSR count). The highest BCUT2D eigenvalue weighted by atomic mass is 16.2. The molecule has 1 saturated heterocycles. The maximum atomic E-state index is 13.0. The number of rotatable bonds is 2. The molecule has 0 bridgehead atoms. The first kappa shape index (κ1) is 17.5. The summed E-state index contributed by atoms with van der Waals surface area (Å²) in [5.41, 5.74) is 4.01. The minimum Gasteiger partial charge on any atom is -0.339 e. The van der Waals surface area contributed by atoms with Crippen molar-refractivity contribution in [1.82, 2.24) is 10.2 Å². The van der Waals surface area contributed by atoms with Gasteiger partial charge in [0.2, 0.25) is 0 Å². The van der Waals surface area contributed by atoms with Crippen LogP contribution >= 0.6 is 0 Å². The van der Waals surface area contributed by atoms with Crippen LogP contribution in [0.5, 0.6) is 0 Å². The molecule has 3 nitrogen and oxygen atoms in total. The van der Waals surface area contributed by atoms with Crippen molar-refractivity contribution in [3.63, 3.8) is 0 Å². The second-order valence-electron chi connectivity index (χ2n) is 8.88. The summed E-state index contributed by atoms with van der Waals surface area (Å²) in [6, 6.07) is 7.00. The lowest BCUT2D eigenvalue weighted by molar-refractivity contribution is 0.0707. The molecule has 0 unspecified atom stereocenters. The lowest BCUT2D eigenvalue weighted by Gasteiger charge is -2.42. The summed E-state index contributed by atoms with van der Waals surface area (Å²) in [6.45, 7) is 11.0. The van der Waals surface area contributed by atoms with Crippen LogP contribution in [0.3, 0.4) is 0 Å². The number of amides is 1. The third-order valence-electron chi connectivity index (χ3n) is 6.29. The van der Waals surface area contributed by atoms with E-state index in [-0.39, 0.29) is 16.7 Å². The Morgan fingerprint density at radius 3 is 2.21 bits per heavy atom. The summed E-state index contributed by atoms with van der Waals surface area (Å²) in [4.78, 5) is 15.0. The summed E-state index contributed by atoms with van der Waals surface area (Å²) in [5, 5.41) is 3.33. The average Bonchev–Trinajstić information content (AvgIpc) is 2.58. The number of nitrogens with zero attached hydrogens (tertiary/aromatic N) is 1. The molecule has 1 aliphatic carbocycles. The van der Waals surface area contributed by atoms with Gasteiger partial charge < -0.3 is 10.2 Å². The van der Waals surface area contributed by atoms with Gasteiger partial charge in [0.1, 0.15) is 0 Å². The Morgan fingerprint density at radius 1 is 1.04 bits per heavy atom. The molecule has 2 aliphatic rings. The molecule has 1 N–H and O–H groups in total. The predicted molar refractivity (Wildman–Crippen MR) is 99.7 cm³/mol. The Bertz CT molecular complexity index is 625. The SMILES string of the molecule is CNC1CCN(C(=O)c2ccc3c(c2)C(C)(C)CCC3(C)C)CC1. The number of carbonyl (C=O) groups excluding carboxylic acids is 1. The molecule has 0 atom stereocenters. The van der Waals surface area contributed by atoms with Crippen LogP contribution in [-0.2, 0) is 10.8 Å². The van der Waals surface area contributed by atoms with Crippen molar-refractivity contribution in [3.05, 3.63) is 34.9 Å². The predicted octanol–water partition coefficient (Wildman–Crippen LogP) is 3.86. The summed E-state index contributed by atoms with van der Waals surface area (Å²) in [5.74, 6) is 0.200. The van der Waals surface area contributed by atoms with Crippen LogP contribution in [0.25, 0.3) is 0 Å². The highest BCUT2D eigenvalue weighted by Gasteiger charge is 2.37. The smallest absolute Gasteiger partial charge is 0.253 e. The Labute approximate surface area is 146 Å². The van der Waals surface area contributed by atoms with Gasteiger partial charge in [0, 0.05) is 24.7 Å². The third kappa shape index (κ3) is 3.11. The van der Waals surface area contributed by atoms with Crippen LogP contribution in [0.2, 0.25) is 0 Å². The van der Waals surface area contributed by atoms with Crippen LogP contribution in [-0.4, -0.2) is 37.0 Å². The van der Waals surface area contributed by atoms with Crippen LogP contribution in [0, 0.1) is 0 Å².